The molecule has 0 aromatic rings. The fourth-order valence-electron chi connectivity index (χ4n) is 2.45. The molecule has 0 aliphatic heterocycles. The lowest BCUT2D eigenvalue weighted by molar-refractivity contribution is 0.203. The van der Waals surface area contributed by atoms with Crippen molar-refractivity contribution >= 4 is 29.9 Å². The molecule has 1 aliphatic carbocycles. The Bertz CT molecular complexity index is 231. The Morgan fingerprint density at radius 1 is 1.21 bits per heavy atom. The molecule has 0 aromatic heterocycles. The van der Waals surface area contributed by atoms with Crippen LogP contribution in [-0.4, -0.2) is 39.3 Å². The van der Waals surface area contributed by atoms with E-state index in [1.54, 1.807) is 7.11 Å². The maximum atomic E-state index is 5.02. The summed E-state index contributed by atoms with van der Waals surface area (Å²) in [6.45, 7) is 5.46. The molecule has 0 aromatic carbocycles. The molecule has 0 amide bonds. The van der Waals surface area contributed by atoms with E-state index >= 15 is 0 Å². The number of aliphatic imine (C=N–C) groups is 1. The standard InChI is InChI=1S/C14H29N3O.HI/c1-3-15-14(17-11-12-18-2)16-10-9-13-7-5-4-6-8-13;/h13H,3-12H2,1-2H3,(H2,15,16,17);1H. The third-order valence-electron chi connectivity index (χ3n) is 3.47. The van der Waals surface area contributed by atoms with Crippen molar-refractivity contribution in [2.45, 2.75) is 45.4 Å². The molecule has 1 fully saturated rings. The normalized spacial score (nSPS) is 16.8. The lowest BCUT2D eigenvalue weighted by Gasteiger charge is -2.20. The van der Waals surface area contributed by atoms with Crippen molar-refractivity contribution in [2.75, 3.05) is 33.4 Å². The van der Waals surface area contributed by atoms with Gasteiger partial charge in [-0.3, -0.25) is 4.99 Å². The van der Waals surface area contributed by atoms with Gasteiger partial charge in [-0.25, -0.2) is 0 Å². The highest BCUT2D eigenvalue weighted by Gasteiger charge is 2.12. The van der Waals surface area contributed by atoms with E-state index in [4.69, 9.17) is 4.74 Å². The third kappa shape index (κ3) is 9.49. The minimum Gasteiger partial charge on any atom is -0.383 e. The van der Waals surface area contributed by atoms with Crippen LogP contribution in [-0.2, 0) is 4.74 Å². The van der Waals surface area contributed by atoms with Crippen molar-refractivity contribution in [3.8, 4) is 0 Å². The minimum absolute atomic E-state index is 0. The number of halogens is 1. The lowest BCUT2D eigenvalue weighted by Crippen LogP contribution is -2.39. The van der Waals surface area contributed by atoms with E-state index in [1.165, 1.54) is 38.5 Å². The molecule has 1 rings (SSSR count). The van der Waals surface area contributed by atoms with Gasteiger partial charge in [0, 0.05) is 26.7 Å². The quantitative estimate of drug-likeness (QED) is 0.308. The van der Waals surface area contributed by atoms with Crippen LogP contribution in [0.15, 0.2) is 4.99 Å². The zero-order valence-corrected chi connectivity index (χ0v) is 14.7. The number of guanidine groups is 1. The summed E-state index contributed by atoms with van der Waals surface area (Å²) < 4.78 is 5.02. The summed E-state index contributed by atoms with van der Waals surface area (Å²) in [5.41, 5.74) is 0. The van der Waals surface area contributed by atoms with E-state index in [0.29, 0.717) is 6.61 Å². The van der Waals surface area contributed by atoms with Crippen LogP contribution in [0.5, 0.6) is 0 Å². The number of nitrogens with zero attached hydrogens (tertiary/aromatic N) is 1. The average Bonchev–Trinajstić information content (AvgIpc) is 2.40. The van der Waals surface area contributed by atoms with Gasteiger partial charge in [-0.2, -0.15) is 0 Å². The number of methoxy groups -OCH3 is 1. The SMILES string of the molecule is CCNC(=NCCC1CCCCC1)NCCOC.I. The first-order valence-corrected chi connectivity index (χ1v) is 7.38. The lowest BCUT2D eigenvalue weighted by atomic mass is 9.87. The molecule has 5 heteroatoms. The Hall–Kier alpha value is -0.0400. The van der Waals surface area contributed by atoms with E-state index in [1.807, 2.05) is 0 Å². The first kappa shape index (κ1) is 19.0. The highest BCUT2D eigenvalue weighted by molar-refractivity contribution is 14.0. The fourth-order valence-corrected chi connectivity index (χ4v) is 2.45. The summed E-state index contributed by atoms with van der Waals surface area (Å²) in [6, 6.07) is 0. The zero-order valence-electron chi connectivity index (χ0n) is 12.4. The molecular weight excluding hydrogens is 353 g/mol. The van der Waals surface area contributed by atoms with Crippen LogP contribution >= 0.6 is 24.0 Å². The molecule has 19 heavy (non-hydrogen) atoms. The summed E-state index contributed by atoms with van der Waals surface area (Å²) in [4.78, 5) is 4.62. The van der Waals surface area contributed by atoms with Crippen molar-refractivity contribution in [1.82, 2.24) is 10.6 Å². The topological polar surface area (TPSA) is 45.7 Å². The van der Waals surface area contributed by atoms with Gasteiger partial charge < -0.3 is 15.4 Å². The maximum Gasteiger partial charge on any atom is 0.191 e. The number of nitrogens with one attached hydrogen (secondary N) is 2. The average molecular weight is 383 g/mol. The van der Waals surface area contributed by atoms with Gasteiger partial charge in [0.15, 0.2) is 5.96 Å². The first-order valence-electron chi connectivity index (χ1n) is 7.38. The van der Waals surface area contributed by atoms with Gasteiger partial charge in [-0.15, -0.1) is 24.0 Å². The Balaban J connectivity index is 0.00000324. The Kier molecular flexibility index (Phi) is 12.9. The molecule has 1 aliphatic rings. The molecule has 2 N–H and O–H groups in total. The molecular formula is C14H30IN3O. The Morgan fingerprint density at radius 3 is 2.58 bits per heavy atom. The summed E-state index contributed by atoms with van der Waals surface area (Å²) in [6.07, 6.45) is 8.31. The van der Waals surface area contributed by atoms with Gasteiger partial charge in [0.05, 0.1) is 6.61 Å². The van der Waals surface area contributed by atoms with Gasteiger partial charge >= 0.3 is 0 Å². The fraction of sp³-hybridized carbons (Fsp3) is 0.929. The summed E-state index contributed by atoms with van der Waals surface area (Å²) >= 11 is 0. The molecule has 1 saturated carbocycles. The van der Waals surface area contributed by atoms with Crippen LogP contribution in [0, 0.1) is 5.92 Å². The van der Waals surface area contributed by atoms with Crippen LogP contribution in [0.3, 0.4) is 0 Å². The van der Waals surface area contributed by atoms with Crippen molar-refractivity contribution in [3.05, 3.63) is 0 Å². The number of ether oxygens (including phenoxy) is 1. The number of hydrogen-bond donors (Lipinski definition) is 2. The molecule has 0 atom stereocenters. The van der Waals surface area contributed by atoms with Crippen molar-refractivity contribution < 1.29 is 4.74 Å². The van der Waals surface area contributed by atoms with Gasteiger partial charge in [-0.1, -0.05) is 32.1 Å². The second-order valence-electron chi connectivity index (χ2n) is 4.97. The van der Waals surface area contributed by atoms with E-state index in [0.717, 1.165) is 31.5 Å². The molecule has 0 saturated heterocycles. The smallest absolute Gasteiger partial charge is 0.191 e. The monoisotopic (exact) mass is 383 g/mol. The van der Waals surface area contributed by atoms with Crippen LogP contribution < -0.4 is 10.6 Å². The zero-order chi connectivity index (χ0) is 13.1. The molecule has 0 radical (unpaired) electrons. The van der Waals surface area contributed by atoms with Gasteiger partial charge in [0.25, 0.3) is 0 Å². The van der Waals surface area contributed by atoms with Crippen LogP contribution in [0.2, 0.25) is 0 Å². The Morgan fingerprint density at radius 2 is 1.95 bits per heavy atom. The van der Waals surface area contributed by atoms with Crippen LogP contribution in [0.25, 0.3) is 0 Å². The molecule has 4 nitrogen and oxygen atoms in total. The van der Waals surface area contributed by atoms with Gasteiger partial charge in [0.1, 0.15) is 0 Å². The number of hydrogen-bond acceptors (Lipinski definition) is 2. The van der Waals surface area contributed by atoms with Gasteiger partial charge in [0.2, 0.25) is 0 Å². The van der Waals surface area contributed by atoms with E-state index in [2.05, 4.69) is 22.5 Å². The van der Waals surface area contributed by atoms with Crippen molar-refractivity contribution in [2.24, 2.45) is 10.9 Å². The third-order valence-corrected chi connectivity index (χ3v) is 3.47. The van der Waals surface area contributed by atoms with E-state index in [9.17, 15) is 0 Å². The number of rotatable bonds is 7. The summed E-state index contributed by atoms with van der Waals surface area (Å²) in [7, 11) is 1.72. The van der Waals surface area contributed by atoms with Crippen LogP contribution in [0.4, 0.5) is 0 Å². The molecule has 0 bridgehead atoms. The molecule has 0 spiro atoms. The van der Waals surface area contributed by atoms with E-state index < -0.39 is 0 Å². The summed E-state index contributed by atoms with van der Waals surface area (Å²) in [5, 5.41) is 6.54. The van der Waals surface area contributed by atoms with E-state index in [-0.39, 0.29) is 24.0 Å². The highest BCUT2D eigenvalue weighted by atomic mass is 127. The van der Waals surface area contributed by atoms with Crippen molar-refractivity contribution in [1.29, 1.82) is 0 Å². The predicted molar refractivity (Wildman–Crippen MR) is 92.5 cm³/mol. The molecule has 0 heterocycles. The first-order chi connectivity index (χ1) is 8.86. The molecule has 0 unspecified atom stereocenters. The highest BCUT2D eigenvalue weighted by Crippen LogP contribution is 2.25. The molecule has 114 valence electrons. The Labute approximate surface area is 135 Å². The summed E-state index contributed by atoms with van der Waals surface area (Å²) in [5.74, 6) is 1.83. The second-order valence-corrected chi connectivity index (χ2v) is 4.97. The maximum absolute atomic E-state index is 5.02. The van der Waals surface area contributed by atoms with Gasteiger partial charge in [-0.05, 0) is 19.3 Å². The largest absolute Gasteiger partial charge is 0.383 e. The van der Waals surface area contributed by atoms with Crippen molar-refractivity contribution in [3.63, 3.8) is 0 Å². The predicted octanol–water partition coefficient (Wildman–Crippen LogP) is 2.78. The van der Waals surface area contributed by atoms with Crippen LogP contribution in [0.1, 0.15) is 45.4 Å². The minimum atomic E-state index is 0. The second kappa shape index (κ2) is 13.0.